The number of benzene rings is 3. The lowest BCUT2D eigenvalue weighted by Crippen LogP contribution is -2.34. The van der Waals surface area contributed by atoms with Gasteiger partial charge in [-0.3, -0.25) is 14.2 Å². The molecule has 0 atom stereocenters. The van der Waals surface area contributed by atoms with Crippen molar-refractivity contribution in [1.82, 2.24) is 14.9 Å². The fourth-order valence-electron chi connectivity index (χ4n) is 3.20. The Bertz CT molecular complexity index is 1300. The molecule has 8 heteroatoms. The Morgan fingerprint density at radius 3 is 2.23 bits per heavy atom. The van der Waals surface area contributed by atoms with Crippen LogP contribution in [0.15, 0.2) is 83.7 Å². The van der Waals surface area contributed by atoms with Crippen molar-refractivity contribution in [3.63, 3.8) is 0 Å². The Morgan fingerprint density at radius 2 is 1.55 bits per heavy atom. The van der Waals surface area contributed by atoms with Crippen LogP contribution in [0.3, 0.4) is 0 Å². The molecule has 0 fully saturated rings. The van der Waals surface area contributed by atoms with Crippen molar-refractivity contribution in [2.75, 3.05) is 0 Å². The number of alkyl halides is 3. The van der Waals surface area contributed by atoms with Crippen LogP contribution in [0.1, 0.15) is 21.6 Å². The Hall–Kier alpha value is -3.94. The molecule has 4 aromatic rings. The van der Waals surface area contributed by atoms with E-state index in [1.807, 2.05) is 30.3 Å². The van der Waals surface area contributed by atoms with E-state index in [-0.39, 0.29) is 17.9 Å². The van der Waals surface area contributed by atoms with E-state index in [9.17, 15) is 22.8 Å². The molecule has 0 radical (unpaired) electrons. The molecular weight excluding hydrogens is 407 g/mol. The molecule has 1 amide bonds. The average Bonchev–Trinajstić information content (AvgIpc) is 2.77. The van der Waals surface area contributed by atoms with Gasteiger partial charge in [-0.1, -0.05) is 42.5 Å². The zero-order chi connectivity index (χ0) is 22.0. The number of aromatic nitrogens is 2. The summed E-state index contributed by atoms with van der Waals surface area (Å²) in [6, 6.07) is 20.0. The molecule has 0 aliphatic heterocycles. The lowest BCUT2D eigenvalue weighted by Gasteiger charge is -2.13. The molecule has 1 heterocycles. The summed E-state index contributed by atoms with van der Waals surface area (Å²) < 4.78 is 39.9. The number of halogens is 3. The van der Waals surface area contributed by atoms with E-state index in [0.717, 1.165) is 17.7 Å². The Morgan fingerprint density at radius 1 is 0.903 bits per heavy atom. The number of nitrogens with zero attached hydrogens (tertiary/aromatic N) is 2. The summed E-state index contributed by atoms with van der Waals surface area (Å²) in [4.78, 5) is 30.1. The summed E-state index contributed by atoms with van der Waals surface area (Å²) in [5.74, 6) is -0.666. The first kappa shape index (κ1) is 20.3. The van der Waals surface area contributed by atoms with Crippen LogP contribution in [0.4, 0.5) is 13.2 Å². The van der Waals surface area contributed by atoms with Crippen molar-refractivity contribution in [3.8, 4) is 5.69 Å². The van der Waals surface area contributed by atoms with E-state index in [0.29, 0.717) is 11.0 Å². The zero-order valence-electron chi connectivity index (χ0n) is 16.1. The first-order chi connectivity index (χ1) is 14.8. The predicted molar refractivity (Wildman–Crippen MR) is 110 cm³/mol. The van der Waals surface area contributed by atoms with E-state index < -0.39 is 23.2 Å². The number of amides is 1. The van der Waals surface area contributed by atoms with Crippen LogP contribution in [0.25, 0.3) is 16.7 Å². The number of carbonyl (C=O) groups is 1. The molecule has 5 nitrogen and oxygen atoms in total. The third kappa shape index (κ3) is 4.18. The molecule has 1 N–H and O–H groups in total. The van der Waals surface area contributed by atoms with Crippen molar-refractivity contribution in [2.45, 2.75) is 12.7 Å². The summed E-state index contributed by atoms with van der Waals surface area (Å²) in [5.41, 5.74) is -0.0887. The zero-order valence-corrected chi connectivity index (χ0v) is 16.1. The summed E-state index contributed by atoms with van der Waals surface area (Å²) in [5, 5.41) is 2.66. The third-order valence-electron chi connectivity index (χ3n) is 4.72. The fraction of sp³-hybridized carbons (Fsp3) is 0.0870. The fourth-order valence-corrected chi connectivity index (χ4v) is 3.20. The molecule has 31 heavy (non-hydrogen) atoms. The molecule has 4 rings (SSSR count). The number of carbonyl (C=O) groups excluding carboxylic acids is 1. The number of fused-ring (bicyclic) bond motifs is 1. The second-order valence-electron chi connectivity index (χ2n) is 6.80. The molecule has 0 aliphatic rings. The van der Waals surface area contributed by atoms with Gasteiger partial charge in [0.05, 0.1) is 16.6 Å². The van der Waals surface area contributed by atoms with Gasteiger partial charge in [0.15, 0.2) is 5.69 Å². The van der Waals surface area contributed by atoms with Gasteiger partial charge in [0.25, 0.3) is 11.5 Å². The summed E-state index contributed by atoms with van der Waals surface area (Å²) >= 11 is 0. The highest BCUT2D eigenvalue weighted by Crippen LogP contribution is 2.29. The van der Waals surface area contributed by atoms with Gasteiger partial charge in [0.2, 0.25) is 0 Å². The highest BCUT2D eigenvalue weighted by atomic mass is 19.4. The minimum Gasteiger partial charge on any atom is -0.346 e. The van der Waals surface area contributed by atoms with Crippen LogP contribution < -0.4 is 10.9 Å². The maximum Gasteiger partial charge on any atom is 0.416 e. The van der Waals surface area contributed by atoms with E-state index >= 15 is 0 Å². The van der Waals surface area contributed by atoms with Gasteiger partial charge in [-0.2, -0.15) is 13.2 Å². The van der Waals surface area contributed by atoms with Gasteiger partial charge in [0, 0.05) is 12.2 Å². The van der Waals surface area contributed by atoms with Gasteiger partial charge < -0.3 is 5.32 Å². The van der Waals surface area contributed by atoms with Gasteiger partial charge in [-0.15, -0.1) is 0 Å². The van der Waals surface area contributed by atoms with Gasteiger partial charge in [-0.05, 0) is 42.0 Å². The summed E-state index contributed by atoms with van der Waals surface area (Å²) in [6.45, 7) is 0.202. The quantitative estimate of drug-likeness (QED) is 0.531. The molecule has 0 bridgehead atoms. The molecule has 0 saturated heterocycles. The number of hydrogen-bond donors (Lipinski definition) is 1. The largest absolute Gasteiger partial charge is 0.416 e. The third-order valence-corrected chi connectivity index (χ3v) is 4.72. The SMILES string of the molecule is O=C(NCc1ccccc1)c1nc2ccccc2n(-c2ccc(C(F)(F)F)cc2)c1=O. The minimum absolute atomic E-state index is 0.202. The maximum absolute atomic E-state index is 13.1. The van der Waals surface area contributed by atoms with E-state index in [1.54, 1.807) is 24.3 Å². The first-order valence-electron chi connectivity index (χ1n) is 9.36. The van der Waals surface area contributed by atoms with Crippen LogP contribution in [0.2, 0.25) is 0 Å². The van der Waals surface area contributed by atoms with E-state index in [4.69, 9.17) is 0 Å². The van der Waals surface area contributed by atoms with E-state index in [2.05, 4.69) is 10.3 Å². The molecule has 0 saturated carbocycles. The maximum atomic E-state index is 13.1. The Kier molecular flexibility index (Phi) is 5.29. The second kappa shape index (κ2) is 8.06. The molecule has 0 unspecified atom stereocenters. The smallest absolute Gasteiger partial charge is 0.346 e. The molecule has 3 aromatic carbocycles. The summed E-state index contributed by atoms with van der Waals surface area (Å²) in [6.07, 6.45) is -4.49. The molecule has 0 aliphatic carbocycles. The predicted octanol–water partition coefficient (Wildman–Crippen LogP) is 4.33. The number of para-hydroxylation sites is 2. The van der Waals surface area contributed by atoms with Crippen LogP contribution in [0.5, 0.6) is 0 Å². The molecular formula is C23H16F3N3O2. The Balaban J connectivity index is 1.77. The number of hydrogen-bond acceptors (Lipinski definition) is 3. The van der Waals surface area contributed by atoms with Crippen molar-refractivity contribution >= 4 is 16.9 Å². The van der Waals surface area contributed by atoms with Crippen LogP contribution in [-0.2, 0) is 12.7 Å². The van der Waals surface area contributed by atoms with Gasteiger partial charge >= 0.3 is 6.18 Å². The van der Waals surface area contributed by atoms with Crippen LogP contribution >= 0.6 is 0 Å². The van der Waals surface area contributed by atoms with Crippen molar-refractivity contribution < 1.29 is 18.0 Å². The van der Waals surface area contributed by atoms with Crippen molar-refractivity contribution in [3.05, 3.63) is 106 Å². The van der Waals surface area contributed by atoms with Gasteiger partial charge in [0.1, 0.15) is 0 Å². The highest BCUT2D eigenvalue weighted by Gasteiger charge is 2.30. The number of nitrogens with one attached hydrogen (secondary N) is 1. The molecule has 0 spiro atoms. The number of rotatable bonds is 4. The highest BCUT2D eigenvalue weighted by molar-refractivity contribution is 5.94. The van der Waals surface area contributed by atoms with Crippen LogP contribution in [0, 0.1) is 0 Å². The minimum atomic E-state index is -4.49. The second-order valence-corrected chi connectivity index (χ2v) is 6.80. The lowest BCUT2D eigenvalue weighted by molar-refractivity contribution is -0.137. The molecule has 1 aromatic heterocycles. The standard InChI is InChI=1S/C23H16F3N3O2/c24-23(25,26)16-10-12-17(13-11-16)29-19-9-5-4-8-18(19)28-20(22(29)31)21(30)27-14-15-6-2-1-3-7-15/h1-13H,14H2,(H,27,30). The summed E-state index contributed by atoms with van der Waals surface area (Å²) in [7, 11) is 0. The normalized spacial score (nSPS) is 11.5. The lowest BCUT2D eigenvalue weighted by atomic mass is 10.2. The van der Waals surface area contributed by atoms with E-state index in [1.165, 1.54) is 16.7 Å². The monoisotopic (exact) mass is 423 g/mol. The van der Waals surface area contributed by atoms with Crippen molar-refractivity contribution in [2.24, 2.45) is 0 Å². The van der Waals surface area contributed by atoms with Gasteiger partial charge in [-0.25, -0.2) is 4.98 Å². The van der Waals surface area contributed by atoms with Crippen LogP contribution in [-0.4, -0.2) is 15.5 Å². The average molecular weight is 423 g/mol. The molecule has 156 valence electrons. The first-order valence-corrected chi connectivity index (χ1v) is 9.36. The van der Waals surface area contributed by atoms with Crippen molar-refractivity contribution in [1.29, 1.82) is 0 Å². The topological polar surface area (TPSA) is 64.0 Å². The Labute approximate surface area is 174 Å².